The first-order valence-corrected chi connectivity index (χ1v) is 8.71. The van der Waals surface area contributed by atoms with Crippen LogP contribution in [0, 0.1) is 16.2 Å². The standard InChI is InChI=1S/C15H20N8OS.CH3F/c16-2-1-12(19)21-15-11(8-17)10(14(20)25-9-18)7-13(22-15)23-3-5-24-6-4-23;1-2/h1-2,7-9,17-18,20H,3-6,16H2,(H2,19,21,22);1H3/b2-1-,17-8?,18-9?,20-14?;. The fourth-order valence-corrected chi connectivity index (χ4v) is 2.69. The van der Waals surface area contributed by atoms with Gasteiger partial charge < -0.3 is 31.9 Å². The topological polar surface area (TPSA) is 161 Å². The van der Waals surface area contributed by atoms with Gasteiger partial charge in [-0.25, -0.2) is 9.98 Å². The Kier molecular flexibility index (Phi) is 9.69. The smallest absolute Gasteiger partial charge is 0.166 e. The van der Waals surface area contributed by atoms with E-state index in [4.69, 9.17) is 32.4 Å². The number of aromatic nitrogens is 1. The van der Waals surface area contributed by atoms with Crippen LogP contribution < -0.4 is 16.4 Å². The molecule has 0 saturated carbocycles. The molecule has 1 aromatic heterocycles. The zero-order chi connectivity index (χ0) is 20.2. The maximum Gasteiger partial charge on any atom is 0.166 e. The van der Waals surface area contributed by atoms with Gasteiger partial charge in [-0.3, -0.25) is 9.80 Å². The van der Waals surface area contributed by atoms with Crippen LogP contribution >= 0.6 is 11.8 Å². The van der Waals surface area contributed by atoms with Crippen LogP contribution in [0.4, 0.5) is 16.0 Å². The Hall–Kier alpha value is -2.79. The van der Waals surface area contributed by atoms with E-state index in [1.807, 2.05) is 4.90 Å². The molecule has 9 nitrogen and oxygen atoms in total. The lowest BCUT2D eigenvalue weighted by Gasteiger charge is -2.28. The molecule has 2 rings (SSSR count). The molecule has 27 heavy (non-hydrogen) atoms. The summed E-state index contributed by atoms with van der Waals surface area (Å²) in [5, 5.41) is 23.2. The first kappa shape index (κ1) is 22.3. The number of halogens is 1. The molecule has 1 fully saturated rings. The van der Waals surface area contributed by atoms with Gasteiger partial charge in [-0.15, -0.1) is 0 Å². The number of ether oxygens (including phenoxy) is 1. The summed E-state index contributed by atoms with van der Waals surface area (Å²) in [5.74, 6) is 1.01. The predicted molar refractivity (Wildman–Crippen MR) is 110 cm³/mol. The van der Waals surface area contributed by atoms with E-state index in [2.05, 4.69) is 9.98 Å². The molecule has 0 spiro atoms. The summed E-state index contributed by atoms with van der Waals surface area (Å²) in [6, 6.07) is 1.73. The summed E-state index contributed by atoms with van der Waals surface area (Å²) in [6.45, 7) is 2.52. The van der Waals surface area contributed by atoms with Gasteiger partial charge in [0.2, 0.25) is 0 Å². The number of rotatable bonds is 6. The van der Waals surface area contributed by atoms with Gasteiger partial charge in [-0.05, 0) is 18.3 Å². The highest BCUT2D eigenvalue weighted by atomic mass is 32.2. The van der Waals surface area contributed by atoms with Crippen molar-refractivity contribution < 1.29 is 9.13 Å². The number of alkyl halides is 1. The predicted octanol–water partition coefficient (Wildman–Crippen LogP) is 1.63. The zero-order valence-corrected chi connectivity index (χ0v) is 15.7. The highest BCUT2D eigenvalue weighted by Crippen LogP contribution is 2.28. The van der Waals surface area contributed by atoms with E-state index >= 15 is 0 Å². The van der Waals surface area contributed by atoms with Crippen molar-refractivity contribution >= 4 is 46.0 Å². The van der Waals surface area contributed by atoms with E-state index in [0.29, 0.717) is 50.4 Å². The second-order valence-corrected chi connectivity index (χ2v) is 5.85. The van der Waals surface area contributed by atoms with Crippen LogP contribution in [0.1, 0.15) is 11.1 Å². The molecule has 7 N–H and O–H groups in total. The normalized spacial score (nSPS) is 14.4. The largest absolute Gasteiger partial charge is 0.404 e. The van der Waals surface area contributed by atoms with E-state index in [-0.39, 0.29) is 16.7 Å². The van der Waals surface area contributed by atoms with Gasteiger partial charge in [-0.1, -0.05) is 11.8 Å². The van der Waals surface area contributed by atoms with Crippen LogP contribution in [-0.4, -0.2) is 61.1 Å². The minimum Gasteiger partial charge on any atom is -0.404 e. The van der Waals surface area contributed by atoms with Gasteiger partial charge in [0.05, 0.1) is 25.9 Å². The molecular weight excluding hydrogens is 371 g/mol. The number of thioether (sulfide) groups is 1. The number of hydrogen-bond acceptors (Lipinski definition) is 9. The number of nitrogens with zero attached hydrogens (tertiary/aromatic N) is 3. The molecule has 2 heterocycles. The molecule has 0 bridgehead atoms. The Bertz CT molecular complexity index is 731. The second-order valence-electron chi connectivity index (χ2n) is 4.97. The molecule has 1 aliphatic rings. The summed E-state index contributed by atoms with van der Waals surface area (Å²) < 4.78 is 14.9. The van der Waals surface area contributed by atoms with Crippen LogP contribution in [0.15, 0.2) is 23.3 Å². The average molecular weight is 394 g/mol. The molecule has 0 aromatic carbocycles. The number of nitrogens with one attached hydrogen (secondary N) is 3. The average Bonchev–Trinajstić information content (AvgIpc) is 2.70. The van der Waals surface area contributed by atoms with Crippen LogP contribution in [0.2, 0.25) is 0 Å². The SMILES string of the molecule is CF.N=CSC(=N)c1cc(N2CCOCC2)nc(/N=C(N)\C=C/N)c1C=N. The molecule has 146 valence electrons. The van der Waals surface area contributed by atoms with Gasteiger partial charge in [0.25, 0.3) is 0 Å². The molecule has 1 aromatic rings. The summed E-state index contributed by atoms with van der Waals surface area (Å²) in [7, 11) is 0.500. The van der Waals surface area contributed by atoms with Crippen molar-refractivity contribution in [2.75, 3.05) is 38.4 Å². The fraction of sp³-hybridized carbons (Fsp3) is 0.312. The monoisotopic (exact) mass is 394 g/mol. The maximum absolute atomic E-state index is 9.50. The Morgan fingerprint density at radius 2 is 2.04 bits per heavy atom. The van der Waals surface area contributed by atoms with Gasteiger partial charge in [0, 0.05) is 30.4 Å². The molecule has 0 unspecified atom stereocenters. The first-order valence-electron chi connectivity index (χ1n) is 7.83. The molecule has 0 amide bonds. The Morgan fingerprint density at radius 1 is 1.37 bits per heavy atom. The van der Waals surface area contributed by atoms with Crippen molar-refractivity contribution in [1.29, 1.82) is 16.2 Å². The first-order chi connectivity index (χ1) is 13.1. The molecule has 0 aliphatic carbocycles. The molecule has 0 radical (unpaired) electrons. The third kappa shape index (κ3) is 6.15. The molecule has 11 heteroatoms. The van der Waals surface area contributed by atoms with Crippen LogP contribution in [0.5, 0.6) is 0 Å². The second kappa shape index (κ2) is 11.8. The Balaban J connectivity index is 0.00000176. The molecule has 0 atom stereocenters. The van der Waals surface area contributed by atoms with Gasteiger partial charge in [0.1, 0.15) is 16.7 Å². The summed E-state index contributed by atoms with van der Waals surface area (Å²) >= 11 is 0.944. The van der Waals surface area contributed by atoms with Crippen molar-refractivity contribution in [2.45, 2.75) is 0 Å². The number of pyridine rings is 1. The van der Waals surface area contributed by atoms with E-state index in [1.165, 1.54) is 12.3 Å². The van der Waals surface area contributed by atoms with Crippen molar-refractivity contribution in [3.8, 4) is 0 Å². The van der Waals surface area contributed by atoms with Gasteiger partial charge in [-0.2, -0.15) is 0 Å². The number of anilines is 1. The molecule has 1 saturated heterocycles. The lowest BCUT2D eigenvalue weighted by atomic mass is 10.1. The highest BCUT2D eigenvalue weighted by Gasteiger charge is 2.19. The molecule has 1 aliphatic heterocycles. The number of aliphatic imine (C=N–C) groups is 1. The third-order valence-electron chi connectivity index (χ3n) is 3.43. The minimum absolute atomic E-state index is 0.134. The van der Waals surface area contributed by atoms with Gasteiger partial charge >= 0.3 is 0 Å². The van der Waals surface area contributed by atoms with E-state index < -0.39 is 0 Å². The van der Waals surface area contributed by atoms with Crippen molar-refractivity contribution in [3.05, 3.63) is 29.5 Å². The van der Waals surface area contributed by atoms with Gasteiger partial charge in [0.15, 0.2) is 5.82 Å². The molecular formula is C16H23FN8OS. The maximum atomic E-state index is 9.50. The number of morpholine rings is 1. The zero-order valence-electron chi connectivity index (χ0n) is 14.9. The van der Waals surface area contributed by atoms with E-state index in [0.717, 1.165) is 23.5 Å². The van der Waals surface area contributed by atoms with Crippen molar-refractivity contribution in [2.24, 2.45) is 16.5 Å². The highest BCUT2D eigenvalue weighted by molar-refractivity contribution is 8.25. The van der Waals surface area contributed by atoms with Crippen LogP contribution in [0.3, 0.4) is 0 Å². The van der Waals surface area contributed by atoms with Crippen molar-refractivity contribution in [3.63, 3.8) is 0 Å². The summed E-state index contributed by atoms with van der Waals surface area (Å²) in [5.41, 5.74) is 13.0. The van der Waals surface area contributed by atoms with Crippen LogP contribution in [0.25, 0.3) is 0 Å². The Morgan fingerprint density at radius 3 is 2.59 bits per heavy atom. The van der Waals surface area contributed by atoms with Crippen molar-refractivity contribution in [1.82, 2.24) is 4.98 Å². The summed E-state index contributed by atoms with van der Waals surface area (Å²) in [6.07, 6.45) is 3.78. The lowest BCUT2D eigenvalue weighted by Crippen LogP contribution is -2.37. The van der Waals surface area contributed by atoms with Crippen LogP contribution in [-0.2, 0) is 4.74 Å². The fourth-order valence-electron chi connectivity index (χ4n) is 2.28. The van der Waals surface area contributed by atoms with E-state index in [9.17, 15) is 4.39 Å². The van der Waals surface area contributed by atoms with E-state index in [1.54, 1.807) is 6.07 Å². The quantitative estimate of drug-likeness (QED) is 0.364. The lowest BCUT2D eigenvalue weighted by molar-refractivity contribution is 0.122. The summed E-state index contributed by atoms with van der Waals surface area (Å²) in [4.78, 5) is 10.8. The number of hydrogen-bond donors (Lipinski definition) is 5. The number of amidine groups is 1. The third-order valence-corrected chi connectivity index (χ3v) is 4.00. The minimum atomic E-state index is 0.134. The number of nitrogens with two attached hydrogens (primary N) is 2. The Labute approximate surface area is 161 Å².